The number of aryl methyl sites for hydroxylation is 5. The molecule has 0 amide bonds. The van der Waals surface area contributed by atoms with Crippen molar-refractivity contribution in [2.45, 2.75) is 79.9 Å². The predicted octanol–water partition coefficient (Wildman–Crippen LogP) is 13.9. The van der Waals surface area contributed by atoms with Gasteiger partial charge >= 0.3 is 28.1 Å². The van der Waals surface area contributed by atoms with Crippen molar-refractivity contribution in [2.24, 2.45) is 0 Å². The molecule has 35 nitrogen and oxygen atoms in total. The summed E-state index contributed by atoms with van der Waals surface area (Å²) in [4.78, 5) is 126. The van der Waals surface area contributed by atoms with Gasteiger partial charge in [-0.25, -0.2) is 73.8 Å². The van der Waals surface area contributed by atoms with Crippen molar-refractivity contribution in [2.75, 3.05) is 158 Å². The van der Waals surface area contributed by atoms with E-state index in [1.807, 2.05) is 234 Å². The molecule has 4 aliphatic rings. The smallest absolute Gasteiger partial charge is 0.345 e. The Kier molecular flexibility index (Phi) is 26.2. The van der Waals surface area contributed by atoms with Crippen LogP contribution in [-0.2, 0) is 0 Å². The number of fused-ring (bicyclic) bond motifs is 10. The first kappa shape index (κ1) is 93.7. The Bertz CT molecular complexity index is 8480. The van der Waals surface area contributed by atoms with Crippen molar-refractivity contribution in [3.05, 3.63) is 294 Å². The van der Waals surface area contributed by atoms with Crippen LogP contribution in [-0.4, -0.2) is 238 Å². The molecule has 724 valence electrons. The average molecular weight is 1910 g/mol. The Morgan fingerprint density at radius 1 is 0.317 bits per heavy atom. The van der Waals surface area contributed by atoms with Crippen molar-refractivity contribution in [1.82, 2.24) is 97.2 Å². The van der Waals surface area contributed by atoms with Gasteiger partial charge < -0.3 is 71.9 Å². The number of benzene rings is 5. The molecule has 142 heavy (non-hydrogen) atoms. The molecule has 4 aliphatic heterocycles. The van der Waals surface area contributed by atoms with Gasteiger partial charge in [0.05, 0.1) is 56.3 Å². The molecular weight excluding hydrogens is 1800 g/mol. The number of anilines is 5. The van der Waals surface area contributed by atoms with E-state index in [9.17, 15) is 24.0 Å². The number of rotatable bonds is 13. The van der Waals surface area contributed by atoms with E-state index in [1.165, 1.54) is 0 Å². The molecule has 5 aromatic carbocycles. The lowest BCUT2D eigenvalue weighted by Gasteiger charge is -2.37. The Balaban J connectivity index is 0.000000109. The fourth-order valence-electron chi connectivity index (χ4n) is 18.4. The maximum Gasteiger partial charge on any atom is 0.345 e. The number of nitrogens with one attached hydrogen (secondary N) is 2. The van der Waals surface area contributed by atoms with Crippen LogP contribution in [0.4, 0.5) is 28.4 Å². The van der Waals surface area contributed by atoms with Gasteiger partial charge in [-0.05, 0) is 218 Å². The second-order valence-electron chi connectivity index (χ2n) is 37.7. The van der Waals surface area contributed by atoms with Crippen molar-refractivity contribution < 1.29 is 22.1 Å². The van der Waals surface area contributed by atoms with E-state index in [2.05, 4.69) is 159 Å². The van der Waals surface area contributed by atoms with Gasteiger partial charge in [-0.3, -0.25) is 22.0 Å². The number of hydrogen-bond donors (Lipinski definition) is 2. The summed E-state index contributed by atoms with van der Waals surface area (Å²) in [7, 11) is 10.4. The zero-order chi connectivity index (χ0) is 98.4. The molecule has 4 fully saturated rings. The Labute approximate surface area is 815 Å². The number of nitrogens with zero attached hydrogens (tertiary/aromatic N) is 23. The summed E-state index contributed by atoms with van der Waals surface area (Å²) in [5.74, 6) is 2.84. The summed E-state index contributed by atoms with van der Waals surface area (Å²) in [5, 5.41) is 11.4. The highest BCUT2D eigenvalue weighted by Crippen LogP contribution is 2.34. The van der Waals surface area contributed by atoms with Gasteiger partial charge in [0.15, 0.2) is 0 Å². The largest absolute Gasteiger partial charge is 0.422 e. The minimum Gasteiger partial charge on any atom is -0.422 e. The highest BCUT2D eigenvalue weighted by atomic mass is 16.4. The first-order valence-corrected chi connectivity index (χ1v) is 47.8. The van der Waals surface area contributed by atoms with Crippen LogP contribution in [0.1, 0.15) is 55.7 Å². The number of piperazine rings is 3. The summed E-state index contributed by atoms with van der Waals surface area (Å²) in [5.41, 5.74) is 15.8. The second kappa shape index (κ2) is 39.7. The summed E-state index contributed by atoms with van der Waals surface area (Å²) in [6.07, 6.45) is 19.6. The molecule has 3 atom stereocenters. The topological polar surface area (TPSA) is 352 Å². The van der Waals surface area contributed by atoms with Crippen LogP contribution in [0.25, 0.3) is 140 Å². The van der Waals surface area contributed by atoms with Crippen LogP contribution in [0.3, 0.4) is 0 Å². The molecular formula is C107H111N25O10. The van der Waals surface area contributed by atoms with Crippen molar-refractivity contribution in [1.29, 1.82) is 0 Å². The van der Waals surface area contributed by atoms with E-state index < -0.39 is 16.9 Å². The van der Waals surface area contributed by atoms with Crippen molar-refractivity contribution in [3.8, 4) is 56.3 Å². The SMILES string of the molecule is Cc1ccn2cc(-c3cc4ccc(N(C)CCN(C)C)cc4oc3=O)nc2n1.Cc1ccn2cc(-c3cc4ccc(N5CCCN(C)CC5)cc4oc3=O)nc2n1.Cc1ccn2cc(-c3cc4ccc(N5CCN(C)CC5)cc4oc3=O)nc2n1.Cc1ccn2cc(-c3cc4ccc(N5CCN[C@H](C)C5)cc4oc3=O)nc2n1.Cc1ccn2cc(-c3cc4ccc(N5C[C@@H](C)N[C@@H](C)C5)cc4oc3=O)nc2n1. The molecule has 15 aromatic heterocycles. The van der Waals surface area contributed by atoms with Crippen molar-refractivity contribution in [3.63, 3.8) is 0 Å². The third-order valence-electron chi connectivity index (χ3n) is 26.2. The zero-order valence-corrected chi connectivity index (χ0v) is 81.6. The molecule has 4 saturated heterocycles. The van der Waals surface area contributed by atoms with Crippen LogP contribution < -0.4 is 63.3 Å². The summed E-state index contributed by atoms with van der Waals surface area (Å²) >= 11 is 0. The number of imidazole rings is 5. The van der Waals surface area contributed by atoms with Gasteiger partial charge in [0.25, 0.3) is 0 Å². The molecule has 20 aromatic rings. The van der Waals surface area contributed by atoms with E-state index in [4.69, 9.17) is 22.1 Å². The summed E-state index contributed by atoms with van der Waals surface area (Å²) < 4.78 is 37.3. The van der Waals surface area contributed by atoms with Gasteiger partial charge in [0, 0.05) is 293 Å². The minimum absolute atomic E-state index is 0.384. The normalized spacial score (nSPS) is 16.1. The molecule has 0 bridgehead atoms. The first-order valence-electron chi connectivity index (χ1n) is 47.8. The third-order valence-corrected chi connectivity index (χ3v) is 26.2. The third kappa shape index (κ3) is 20.6. The lowest BCUT2D eigenvalue weighted by atomic mass is 10.1. The molecule has 2 N–H and O–H groups in total. The van der Waals surface area contributed by atoms with Crippen LogP contribution in [0.5, 0.6) is 0 Å². The summed E-state index contributed by atoms with van der Waals surface area (Å²) in [6, 6.07) is 50.2. The molecule has 0 aliphatic carbocycles. The Morgan fingerprint density at radius 3 is 0.944 bits per heavy atom. The fourth-order valence-corrected chi connectivity index (χ4v) is 18.4. The number of hydrogen-bond acceptors (Lipinski definition) is 30. The minimum atomic E-state index is -0.402. The quantitative estimate of drug-likeness (QED) is 0.101. The molecule has 0 spiro atoms. The first-order chi connectivity index (χ1) is 68.6. The lowest BCUT2D eigenvalue weighted by Crippen LogP contribution is -2.54. The fraction of sp³-hybridized carbons (Fsp3) is 0.299. The van der Waals surface area contributed by atoms with Crippen LogP contribution in [0, 0.1) is 34.6 Å². The monoisotopic (exact) mass is 1910 g/mol. The van der Waals surface area contributed by atoms with E-state index in [0.717, 1.165) is 188 Å². The van der Waals surface area contributed by atoms with Crippen LogP contribution in [0.2, 0.25) is 0 Å². The van der Waals surface area contributed by atoms with Gasteiger partial charge in [0.1, 0.15) is 27.9 Å². The molecule has 0 radical (unpaired) electrons. The molecule has 19 heterocycles. The molecule has 0 unspecified atom stereocenters. The van der Waals surface area contributed by atoms with Crippen LogP contribution in [0.15, 0.2) is 260 Å². The van der Waals surface area contributed by atoms with E-state index in [-0.39, 0.29) is 11.3 Å². The standard InChI is InChI=1S/2C22H23N5O2.2C21H21N5O2.C21H23N5O2/c1-13-6-7-26-12-19(25-22(26)24-13)18-8-16-4-5-17(9-20(16)29-21(18)28)27-10-14(2)23-15(3)11-27;1-15-6-9-27-14-19(24-22(27)23-15)18-12-16-4-5-17(13-20(16)29-21(18)28)26-8-3-7-25(2)10-11-26;1-13-5-7-26-12-18(24-21(26)23-13)17-9-15-3-4-16(10-19(15)28-20(17)27)25-8-6-22-14(2)11-25;1-14-5-6-26-13-18(23-21(26)22-14)17-11-15-3-4-16(12-19(15)28-20(17)27)25-9-7-24(2)8-10-25;1-14-7-8-26-13-18(23-21(26)22-14)17-11-15-5-6-16(12-19(15)28-20(17)27)25(4)10-9-24(2)3/h4-9,12,14-15,23H,10-11H2,1-3H3;4-6,9,12-14H,3,7-8,10-11H2,1-2H3;3-5,7,9-10,12,14,22H,6,8,11H2,1-2H3;3-6,11-13H,7-10H2,1-2H3;5-8,11-13H,9-10H2,1-4H3/t14-,15+;;14-;;/m..1../s1. The lowest BCUT2D eigenvalue weighted by molar-refractivity contribution is 0.313. The second-order valence-corrected chi connectivity index (χ2v) is 37.7. The maximum atomic E-state index is 12.7. The predicted molar refractivity (Wildman–Crippen MR) is 556 cm³/mol. The molecule has 35 heteroatoms. The van der Waals surface area contributed by atoms with E-state index >= 15 is 0 Å². The van der Waals surface area contributed by atoms with E-state index in [1.54, 1.807) is 33.6 Å². The zero-order valence-electron chi connectivity index (χ0n) is 81.6. The highest BCUT2D eigenvalue weighted by molar-refractivity contribution is 5.89. The average Bonchev–Trinajstić information content (AvgIpc) is 1.52. The van der Waals surface area contributed by atoms with Gasteiger partial charge in [-0.1, -0.05) is 0 Å². The van der Waals surface area contributed by atoms with Gasteiger partial charge in [-0.2, -0.15) is 0 Å². The number of aromatic nitrogens is 15. The van der Waals surface area contributed by atoms with Gasteiger partial charge in [0.2, 0.25) is 28.9 Å². The Hall–Kier alpha value is -16.0. The summed E-state index contributed by atoms with van der Waals surface area (Å²) in [6.45, 7) is 30.7. The Morgan fingerprint density at radius 2 is 0.613 bits per heavy atom. The van der Waals surface area contributed by atoms with Crippen LogP contribution >= 0.6 is 0 Å². The van der Waals surface area contributed by atoms with Crippen molar-refractivity contribution >= 4 is 112 Å². The maximum absolute atomic E-state index is 12.7. The number of likely N-dealkylation sites (N-methyl/N-ethyl adjacent to an activating group) is 4. The van der Waals surface area contributed by atoms with Gasteiger partial charge in [-0.15, -0.1) is 0 Å². The molecule has 24 rings (SSSR count). The molecule has 0 saturated carbocycles. The van der Waals surface area contributed by atoms with E-state index in [0.29, 0.717) is 131 Å². The highest BCUT2D eigenvalue weighted by Gasteiger charge is 2.27.